The van der Waals surface area contributed by atoms with E-state index in [9.17, 15) is 5.11 Å². The molecule has 2 heteroatoms. The van der Waals surface area contributed by atoms with E-state index < -0.39 is 0 Å². The van der Waals surface area contributed by atoms with Gasteiger partial charge in [-0.2, -0.15) is 0 Å². The molecule has 4 aliphatic rings. The van der Waals surface area contributed by atoms with Crippen LogP contribution in [-0.2, 0) is 4.74 Å². The smallest absolute Gasteiger partial charge is 0.0627 e. The van der Waals surface area contributed by atoms with Gasteiger partial charge in [-0.05, 0) is 92.3 Å². The van der Waals surface area contributed by atoms with Crippen LogP contribution in [-0.4, -0.2) is 24.4 Å². The highest BCUT2D eigenvalue weighted by Crippen LogP contribution is 2.66. The lowest BCUT2D eigenvalue weighted by Gasteiger charge is -2.60. The quantitative estimate of drug-likeness (QED) is 0.778. The van der Waals surface area contributed by atoms with Gasteiger partial charge in [-0.1, -0.05) is 13.8 Å². The van der Waals surface area contributed by atoms with E-state index in [1.807, 2.05) is 7.11 Å². The first kappa shape index (κ1) is 15.4. The summed E-state index contributed by atoms with van der Waals surface area (Å²) in [5.74, 6) is 3.50. The molecular formula is C20H34O2. The predicted molar refractivity (Wildman–Crippen MR) is 88.5 cm³/mol. The first-order valence-corrected chi connectivity index (χ1v) is 9.70. The van der Waals surface area contributed by atoms with Gasteiger partial charge in [0.05, 0.1) is 12.2 Å². The Labute approximate surface area is 136 Å². The maximum Gasteiger partial charge on any atom is 0.0627 e. The van der Waals surface area contributed by atoms with Crippen LogP contribution >= 0.6 is 0 Å². The number of ether oxygens (including phenoxy) is 1. The van der Waals surface area contributed by atoms with Crippen LogP contribution in [0.2, 0.25) is 0 Å². The standard InChI is InChI=1S/C20H34O2/c1-19-10-8-14(21)12-13(19)4-5-15-16-6-7-18(22-3)20(16,2)11-9-17(15)19/h13-18,21H,4-12H2,1-3H3/t13-,14-,15-,16-,17-,18-,19-,20-/m0/s1. The average molecular weight is 306 g/mol. The molecule has 0 amide bonds. The van der Waals surface area contributed by atoms with Crippen molar-refractivity contribution >= 4 is 0 Å². The Hall–Kier alpha value is -0.0800. The highest BCUT2D eigenvalue weighted by atomic mass is 16.5. The van der Waals surface area contributed by atoms with Gasteiger partial charge in [-0.3, -0.25) is 0 Å². The molecule has 0 aliphatic heterocycles. The highest BCUT2D eigenvalue weighted by molar-refractivity contribution is 5.09. The summed E-state index contributed by atoms with van der Waals surface area (Å²) >= 11 is 0. The lowest BCUT2D eigenvalue weighted by molar-refractivity contribution is -0.137. The number of aliphatic hydroxyl groups excluding tert-OH is 1. The average Bonchev–Trinajstić information content (AvgIpc) is 2.84. The molecule has 0 radical (unpaired) electrons. The van der Waals surface area contributed by atoms with E-state index in [1.165, 1.54) is 44.9 Å². The summed E-state index contributed by atoms with van der Waals surface area (Å²) in [7, 11) is 1.92. The minimum absolute atomic E-state index is 0.0205. The Morgan fingerprint density at radius 2 is 1.59 bits per heavy atom. The van der Waals surface area contributed by atoms with Crippen molar-refractivity contribution in [2.24, 2.45) is 34.5 Å². The van der Waals surface area contributed by atoms with Gasteiger partial charge in [0.1, 0.15) is 0 Å². The lowest BCUT2D eigenvalue weighted by atomic mass is 9.45. The van der Waals surface area contributed by atoms with E-state index in [2.05, 4.69) is 13.8 Å². The van der Waals surface area contributed by atoms with Gasteiger partial charge in [-0.25, -0.2) is 0 Å². The molecule has 4 fully saturated rings. The van der Waals surface area contributed by atoms with Gasteiger partial charge in [0.25, 0.3) is 0 Å². The molecule has 0 spiro atoms. The Kier molecular flexibility index (Phi) is 3.66. The van der Waals surface area contributed by atoms with Crippen LogP contribution in [0, 0.1) is 34.5 Å². The largest absolute Gasteiger partial charge is 0.393 e. The SMILES string of the molecule is CO[C@H]1CC[C@H]2[C@@H]3CC[C@H]4C[C@@H](O)CC[C@]4(C)[C@H]3CC[C@]12C. The van der Waals surface area contributed by atoms with E-state index in [4.69, 9.17) is 4.74 Å². The molecule has 0 saturated heterocycles. The van der Waals surface area contributed by atoms with E-state index in [0.717, 1.165) is 36.5 Å². The molecule has 0 bridgehead atoms. The molecule has 0 unspecified atom stereocenters. The maximum absolute atomic E-state index is 10.1. The third-order valence-corrected chi connectivity index (χ3v) is 8.84. The molecule has 4 rings (SSSR count). The maximum atomic E-state index is 10.1. The number of hydrogen-bond acceptors (Lipinski definition) is 2. The third-order valence-electron chi connectivity index (χ3n) is 8.84. The number of methoxy groups -OCH3 is 1. The topological polar surface area (TPSA) is 29.5 Å². The van der Waals surface area contributed by atoms with Crippen molar-refractivity contribution in [3.63, 3.8) is 0 Å². The van der Waals surface area contributed by atoms with E-state index in [-0.39, 0.29) is 6.10 Å². The summed E-state index contributed by atoms with van der Waals surface area (Å²) in [5, 5.41) is 10.1. The van der Waals surface area contributed by atoms with E-state index in [1.54, 1.807) is 0 Å². The van der Waals surface area contributed by atoms with Crippen LogP contribution in [0.1, 0.15) is 71.6 Å². The number of fused-ring (bicyclic) bond motifs is 5. The second-order valence-electron chi connectivity index (χ2n) is 9.43. The van der Waals surface area contributed by atoms with Crippen molar-refractivity contribution < 1.29 is 9.84 Å². The number of rotatable bonds is 1. The molecule has 1 N–H and O–H groups in total. The molecule has 22 heavy (non-hydrogen) atoms. The van der Waals surface area contributed by atoms with Gasteiger partial charge in [0.15, 0.2) is 0 Å². The molecule has 4 aliphatic carbocycles. The third kappa shape index (κ3) is 1.99. The molecule has 126 valence electrons. The van der Waals surface area contributed by atoms with Crippen molar-refractivity contribution in [2.75, 3.05) is 7.11 Å². The van der Waals surface area contributed by atoms with Crippen molar-refractivity contribution in [2.45, 2.75) is 83.8 Å². The van der Waals surface area contributed by atoms with Crippen LogP contribution in [0.15, 0.2) is 0 Å². The van der Waals surface area contributed by atoms with Crippen molar-refractivity contribution in [1.82, 2.24) is 0 Å². The fraction of sp³-hybridized carbons (Fsp3) is 1.00. The second kappa shape index (κ2) is 5.21. The first-order chi connectivity index (χ1) is 10.5. The van der Waals surface area contributed by atoms with Gasteiger partial charge in [0.2, 0.25) is 0 Å². The van der Waals surface area contributed by atoms with Gasteiger partial charge in [0, 0.05) is 7.11 Å². The Morgan fingerprint density at radius 1 is 0.864 bits per heavy atom. The summed E-state index contributed by atoms with van der Waals surface area (Å²) in [6.45, 7) is 5.10. The summed E-state index contributed by atoms with van der Waals surface area (Å²) in [6, 6.07) is 0. The monoisotopic (exact) mass is 306 g/mol. The van der Waals surface area contributed by atoms with Crippen LogP contribution in [0.25, 0.3) is 0 Å². The summed E-state index contributed by atoms with van der Waals surface area (Å²) in [5.41, 5.74) is 0.946. The van der Waals surface area contributed by atoms with Crippen LogP contribution in [0.5, 0.6) is 0 Å². The second-order valence-corrected chi connectivity index (χ2v) is 9.43. The summed E-state index contributed by atoms with van der Waals surface area (Å²) in [4.78, 5) is 0. The van der Waals surface area contributed by atoms with Gasteiger partial charge >= 0.3 is 0 Å². The first-order valence-electron chi connectivity index (χ1n) is 9.70. The number of hydrogen-bond donors (Lipinski definition) is 1. The fourth-order valence-corrected chi connectivity index (χ4v) is 7.57. The Balaban J connectivity index is 1.61. The fourth-order valence-electron chi connectivity index (χ4n) is 7.57. The normalized spacial score (nSPS) is 57.8. The number of aliphatic hydroxyl groups is 1. The highest BCUT2D eigenvalue weighted by Gasteiger charge is 2.60. The molecule has 0 aromatic carbocycles. The molecular weight excluding hydrogens is 272 g/mol. The minimum Gasteiger partial charge on any atom is -0.393 e. The van der Waals surface area contributed by atoms with Crippen LogP contribution < -0.4 is 0 Å². The molecule has 0 aromatic rings. The van der Waals surface area contributed by atoms with E-state index in [0.29, 0.717) is 16.9 Å². The molecule has 8 atom stereocenters. The van der Waals surface area contributed by atoms with Gasteiger partial charge < -0.3 is 9.84 Å². The van der Waals surface area contributed by atoms with Crippen molar-refractivity contribution in [1.29, 1.82) is 0 Å². The summed E-state index contributed by atoms with van der Waals surface area (Å²) < 4.78 is 5.88. The van der Waals surface area contributed by atoms with E-state index >= 15 is 0 Å². The zero-order chi connectivity index (χ0) is 15.5. The molecule has 4 saturated carbocycles. The Morgan fingerprint density at radius 3 is 2.36 bits per heavy atom. The molecule has 0 aromatic heterocycles. The minimum atomic E-state index is -0.0205. The van der Waals surface area contributed by atoms with Crippen LogP contribution in [0.4, 0.5) is 0 Å². The molecule has 2 nitrogen and oxygen atoms in total. The van der Waals surface area contributed by atoms with Crippen LogP contribution in [0.3, 0.4) is 0 Å². The molecule has 0 heterocycles. The lowest BCUT2D eigenvalue weighted by Crippen LogP contribution is -2.54. The Bertz CT molecular complexity index is 435. The van der Waals surface area contributed by atoms with Crippen molar-refractivity contribution in [3.05, 3.63) is 0 Å². The zero-order valence-corrected chi connectivity index (χ0v) is 14.7. The van der Waals surface area contributed by atoms with Gasteiger partial charge in [-0.15, -0.1) is 0 Å². The summed E-state index contributed by atoms with van der Waals surface area (Å²) in [6.07, 6.45) is 12.1. The van der Waals surface area contributed by atoms with Crippen molar-refractivity contribution in [3.8, 4) is 0 Å². The predicted octanol–water partition coefficient (Wildman–Crippen LogP) is 4.41. The zero-order valence-electron chi connectivity index (χ0n) is 14.7.